The van der Waals surface area contributed by atoms with Gasteiger partial charge in [0.2, 0.25) is 5.91 Å². The van der Waals surface area contributed by atoms with E-state index >= 15 is 0 Å². The van der Waals surface area contributed by atoms with Gasteiger partial charge in [-0.2, -0.15) is 5.10 Å². The van der Waals surface area contributed by atoms with E-state index in [0.717, 1.165) is 11.4 Å². The highest BCUT2D eigenvalue weighted by Gasteiger charge is 2.10. The minimum absolute atomic E-state index is 0. The summed E-state index contributed by atoms with van der Waals surface area (Å²) in [6.45, 7) is 2.61. The van der Waals surface area contributed by atoms with Crippen molar-refractivity contribution >= 4 is 30.7 Å². The van der Waals surface area contributed by atoms with Crippen LogP contribution in [0, 0.1) is 5.92 Å². The number of aromatic nitrogens is 3. The number of hydrogen-bond acceptors (Lipinski definition) is 4. The number of hydrogen-bond donors (Lipinski definition) is 2. The van der Waals surface area contributed by atoms with Crippen LogP contribution in [0.3, 0.4) is 0 Å². The molecule has 1 atom stereocenters. The van der Waals surface area contributed by atoms with Gasteiger partial charge < -0.3 is 11.1 Å². The van der Waals surface area contributed by atoms with Crippen LogP contribution in [-0.2, 0) is 11.3 Å². The third kappa shape index (κ3) is 5.34. The van der Waals surface area contributed by atoms with Crippen molar-refractivity contribution in [3.8, 4) is 5.82 Å². The molecular formula is C13H19Cl2N5O. The Morgan fingerprint density at radius 3 is 2.81 bits per heavy atom. The highest BCUT2D eigenvalue weighted by atomic mass is 35.5. The number of carbonyl (C=O) groups is 1. The van der Waals surface area contributed by atoms with Gasteiger partial charge in [-0.05, 0) is 23.8 Å². The number of pyridine rings is 1. The van der Waals surface area contributed by atoms with Crippen LogP contribution in [0.2, 0.25) is 0 Å². The predicted molar refractivity (Wildman–Crippen MR) is 85.9 cm³/mol. The molecule has 8 heteroatoms. The number of halogens is 2. The summed E-state index contributed by atoms with van der Waals surface area (Å²) in [6, 6.07) is 5.58. The maximum absolute atomic E-state index is 11.6. The Bertz CT molecular complexity index is 547. The van der Waals surface area contributed by atoms with Crippen molar-refractivity contribution in [1.82, 2.24) is 20.1 Å². The Morgan fingerprint density at radius 2 is 2.19 bits per heavy atom. The normalized spacial score (nSPS) is 11.0. The SMILES string of the molecule is CC(CN)C(=O)NCc1ccnc(-n2cccn2)c1.Cl.Cl. The Balaban J connectivity index is 0.00000200. The molecule has 1 unspecified atom stereocenters. The Hall–Kier alpha value is -1.63. The van der Waals surface area contributed by atoms with Crippen molar-refractivity contribution in [1.29, 1.82) is 0 Å². The zero-order valence-electron chi connectivity index (χ0n) is 11.6. The number of rotatable bonds is 5. The molecule has 0 aliphatic rings. The quantitative estimate of drug-likeness (QED) is 0.865. The maximum atomic E-state index is 11.6. The lowest BCUT2D eigenvalue weighted by atomic mass is 10.1. The van der Waals surface area contributed by atoms with Crippen LogP contribution in [0.5, 0.6) is 0 Å². The van der Waals surface area contributed by atoms with Gasteiger partial charge in [0.1, 0.15) is 0 Å². The molecule has 2 rings (SSSR count). The van der Waals surface area contributed by atoms with E-state index in [9.17, 15) is 4.79 Å². The summed E-state index contributed by atoms with van der Waals surface area (Å²) in [5, 5.41) is 6.96. The van der Waals surface area contributed by atoms with E-state index < -0.39 is 0 Å². The van der Waals surface area contributed by atoms with Gasteiger partial charge in [0.15, 0.2) is 5.82 Å². The lowest BCUT2D eigenvalue weighted by Crippen LogP contribution is -2.32. The first-order valence-corrected chi connectivity index (χ1v) is 6.13. The summed E-state index contributed by atoms with van der Waals surface area (Å²) >= 11 is 0. The number of nitrogens with two attached hydrogens (primary N) is 1. The fourth-order valence-electron chi connectivity index (χ4n) is 1.57. The number of nitrogens with one attached hydrogen (secondary N) is 1. The van der Waals surface area contributed by atoms with Gasteiger partial charge >= 0.3 is 0 Å². The zero-order chi connectivity index (χ0) is 13.7. The smallest absolute Gasteiger partial charge is 0.224 e. The average Bonchev–Trinajstić information content (AvgIpc) is 2.98. The first-order valence-electron chi connectivity index (χ1n) is 6.13. The minimum Gasteiger partial charge on any atom is -0.352 e. The van der Waals surface area contributed by atoms with Crippen LogP contribution < -0.4 is 11.1 Å². The number of carbonyl (C=O) groups excluding carboxylic acids is 1. The molecular weight excluding hydrogens is 313 g/mol. The van der Waals surface area contributed by atoms with E-state index in [-0.39, 0.29) is 36.6 Å². The van der Waals surface area contributed by atoms with Gasteiger partial charge in [-0.15, -0.1) is 24.8 Å². The van der Waals surface area contributed by atoms with E-state index in [0.29, 0.717) is 13.1 Å². The van der Waals surface area contributed by atoms with Gasteiger partial charge in [-0.25, -0.2) is 9.67 Å². The van der Waals surface area contributed by atoms with Crippen molar-refractivity contribution in [2.24, 2.45) is 11.7 Å². The molecule has 3 N–H and O–H groups in total. The molecule has 0 spiro atoms. The van der Waals surface area contributed by atoms with Crippen molar-refractivity contribution in [2.75, 3.05) is 6.54 Å². The van der Waals surface area contributed by atoms with Gasteiger partial charge in [0, 0.05) is 37.6 Å². The van der Waals surface area contributed by atoms with Crippen LogP contribution in [0.15, 0.2) is 36.8 Å². The maximum Gasteiger partial charge on any atom is 0.224 e. The summed E-state index contributed by atoms with van der Waals surface area (Å²) in [4.78, 5) is 15.9. The molecule has 6 nitrogen and oxygen atoms in total. The molecule has 116 valence electrons. The largest absolute Gasteiger partial charge is 0.352 e. The number of nitrogens with zero attached hydrogens (tertiary/aromatic N) is 3. The summed E-state index contributed by atoms with van der Waals surface area (Å²) in [5.41, 5.74) is 6.42. The van der Waals surface area contributed by atoms with Crippen LogP contribution in [0.1, 0.15) is 12.5 Å². The first-order chi connectivity index (χ1) is 9.20. The van der Waals surface area contributed by atoms with E-state index in [1.165, 1.54) is 0 Å². The van der Waals surface area contributed by atoms with E-state index in [2.05, 4.69) is 15.4 Å². The van der Waals surface area contributed by atoms with Gasteiger partial charge in [0.25, 0.3) is 0 Å². The van der Waals surface area contributed by atoms with Crippen LogP contribution >= 0.6 is 24.8 Å². The molecule has 0 radical (unpaired) electrons. The molecule has 2 aromatic rings. The monoisotopic (exact) mass is 331 g/mol. The molecule has 0 aliphatic heterocycles. The lowest BCUT2D eigenvalue weighted by Gasteiger charge is -2.10. The van der Waals surface area contributed by atoms with Crippen molar-refractivity contribution in [3.05, 3.63) is 42.4 Å². The molecule has 0 saturated carbocycles. The molecule has 2 aromatic heterocycles. The standard InChI is InChI=1S/C13H17N5O.2ClH/c1-10(8-14)13(19)16-9-11-3-5-15-12(7-11)18-6-2-4-17-18;;/h2-7,10H,8-9,14H2,1H3,(H,16,19);2*1H. The first kappa shape index (κ1) is 19.4. The molecule has 21 heavy (non-hydrogen) atoms. The van der Waals surface area contributed by atoms with Gasteiger partial charge in [-0.3, -0.25) is 4.79 Å². The summed E-state index contributed by atoms with van der Waals surface area (Å²) in [6.07, 6.45) is 5.21. The summed E-state index contributed by atoms with van der Waals surface area (Å²) < 4.78 is 1.67. The van der Waals surface area contributed by atoms with E-state index in [1.807, 2.05) is 24.4 Å². The highest BCUT2D eigenvalue weighted by molar-refractivity contribution is 5.85. The minimum atomic E-state index is -0.174. The lowest BCUT2D eigenvalue weighted by molar-refractivity contribution is -0.124. The highest BCUT2D eigenvalue weighted by Crippen LogP contribution is 2.06. The second kappa shape index (κ2) is 9.33. The van der Waals surface area contributed by atoms with E-state index in [4.69, 9.17) is 5.73 Å². The Morgan fingerprint density at radius 1 is 1.43 bits per heavy atom. The van der Waals surface area contributed by atoms with Crippen LogP contribution in [0.4, 0.5) is 0 Å². The molecule has 0 bridgehead atoms. The van der Waals surface area contributed by atoms with Crippen LogP contribution in [0.25, 0.3) is 5.82 Å². The third-order valence-electron chi connectivity index (χ3n) is 2.82. The molecule has 2 heterocycles. The Kier molecular flexibility index (Phi) is 8.61. The molecule has 0 saturated heterocycles. The van der Waals surface area contributed by atoms with Gasteiger partial charge in [-0.1, -0.05) is 6.92 Å². The fraction of sp³-hybridized carbons (Fsp3) is 0.308. The molecule has 0 aromatic carbocycles. The van der Waals surface area contributed by atoms with Crippen LogP contribution in [-0.4, -0.2) is 27.2 Å². The molecule has 1 amide bonds. The topological polar surface area (TPSA) is 85.8 Å². The second-order valence-electron chi connectivity index (χ2n) is 4.33. The van der Waals surface area contributed by atoms with Crippen molar-refractivity contribution < 1.29 is 4.79 Å². The fourth-order valence-corrected chi connectivity index (χ4v) is 1.57. The average molecular weight is 332 g/mol. The van der Waals surface area contributed by atoms with E-state index in [1.54, 1.807) is 24.0 Å². The third-order valence-corrected chi connectivity index (χ3v) is 2.82. The summed E-state index contributed by atoms with van der Waals surface area (Å²) in [7, 11) is 0. The predicted octanol–water partition coefficient (Wildman–Crippen LogP) is 1.32. The second-order valence-corrected chi connectivity index (χ2v) is 4.33. The van der Waals surface area contributed by atoms with Gasteiger partial charge in [0.05, 0.1) is 0 Å². The molecule has 0 aliphatic carbocycles. The number of amides is 1. The van der Waals surface area contributed by atoms with Crippen molar-refractivity contribution in [2.45, 2.75) is 13.5 Å². The zero-order valence-corrected chi connectivity index (χ0v) is 13.2. The summed E-state index contributed by atoms with van der Waals surface area (Å²) in [5.74, 6) is 0.510. The Labute approximate surface area is 135 Å². The van der Waals surface area contributed by atoms with Crippen molar-refractivity contribution in [3.63, 3.8) is 0 Å². The molecule has 0 fully saturated rings.